The molecule has 0 spiro atoms. The van der Waals surface area contributed by atoms with Gasteiger partial charge in [0.05, 0.1) is 17.7 Å². The third-order valence-corrected chi connectivity index (χ3v) is 5.68. The average Bonchev–Trinajstić information content (AvgIpc) is 2.66. The highest BCUT2D eigenvalue weighted by Crippen LogP contribution is 2.30. The molecule has 3 unspecified atom stereocenters. The SMILES string of the molecule is CC(C)(C)OC(=O)N1CC2CC(CN(CCCC(O)c3ccc(C#N)cc3)C2)C1. The van der Waals surface area contributed by atoms with E-state index in [9.17, 15) is 9.90 Å². The van der Waals surface area contributed by atoms with Gasteiger partial charge in [0.25, 0.3) is 0 Å². The van der Waals surface area contributed by atoms with Crippen molar-refractivity contribution in [3.05, 3.63) is 35.4 Å². The molecule has 0 saturated carbocycles. The Morgan fingerprint density at radius 2 is 1.83 bits per heavy atom. The lowest BCUT2D eigenvalue weighted by atomic mass is 9.84. The molecule has 2 fully saturated rings. The van der Waals surface area contributed by atoms with E-state index in [4.69, 9.17) is 10.00 Å². The summed E-state index contributed by atoms with van der Waals surface area (Å²) in [5.41, 5.74) is 1.03. The zero-order valence-corrected chi connectivity index (χ0v) is 17.8. The van der Waals surface area contributed by atoms with Crippen LogP contribution in [0.15, 0.2) is 24.3 Å². The first kappa shape index (κ1) is 21.6. The molecular weight excluding hydrogens is 366 g/mol. The molecule has 1 amide bonds. The number of aliphatic hydroxyl groups excluding tert-OH is 1. The maximum absolute atomic E-state index is 12.4. The number of nitriles is 1. The maximum atomic E-state index is 12.4. The third kappa shape index (κ3) is 6.19. The highest BCUT2D eigenvalue weighted by Gasteiger charge is 2.37. The van der Waals surface area contributed by atoms with Crippen LogP contribution < -0.4 is 0 Å². The Bertz CT molecular complexity index is 721. The van der Waals surface area contributed by atoms with Crippen molar-refractivity contribution in [2.45, 2.75) is 51.7 Å². The number of hydrogen-bond donors (Lipinski definition) is 1. The first-order valence-corrected chi connectivity index (χ1v) is 10.6. The fraction of sp³-hybridized carbons (Fsp3) is 0.652. The van der Waals surface area contributed by atoms with Crippen molar-refractivity contribution in [1.82, 2.24) is 9.80 Å². The van der Waals surface area contributed by atoms with Crippen molar-refractivity contribution >= 4 is 6.09 Å². The molecule has 2 aliphatic heterocycles. The fourth-order valence-corrected chi connectivity index (χ4v) is 4.50. The van der Waals surface area contributed by atoms with Crippen molar-refractivity contribution in [2.75, 3.05) is 32.7 Å². The summed E-state index contributed by atoms with van der Waals surface area (Å²) in [5, 5.41) is 19.3. The monoisotopic (exact) mass is 399 g/mol. The highest BCUT2D eigenvalue weighted by molar-refractivity contribution is 5.68. The topological polar surface area (TPSA) is 76.8 Å². The van der Waals surface area contributed by atoms with Crippen LogP contribution in [0.5, 0.6) is 0 Å². The van der Waals surface area contributed by atoms with Crippen LogP contribution in [0.25, 0.3) is 0 Å². The molecule has 1 aromatic carbocycles. The van der Waals surface area contributed by atoms with E-state index in [2.05, 4.69) is 11.0 Å². The number of likely N-dealkylation sites (tertiary alicyclic amines) is 2. The minimum Gasteiger partial charge on any atom is -0.444 e. The third-order valence-electron chi connectivity index (χ3n) is 5.68. The summed E-state index contributed by atoms with van der Waals surface area (Å²) < 4.78 is 5.54. The summed E-state index contributed by atoms with van der Waals surface area (Å²) in [7, 11) is 0. The molecule has 0 radical (unpaired) electrons. The Kier molecular flexibility index (Phi) is 6.81. The van der Waals surface area contributed by atoms with Crippen LogP contribution in [0, 0.1) is 23.2 Å². The first-order chi connectivity index (χ1) is 13.7. The number of benzene rings is 1. The van der Waals surface area contributed by atoms with Gasteiger partial charge in [0.15, 0.2) is 0 Å². The van der Waals surface area contributed by atoms with Gasteiger partial charge in [-0.2, -0.15) is 5.26 Å². The number of nitrogens with zero attached hydrogens (tertiary/aromatic N) is 3. The summed E-state index contributed by atoms with van der Waals surface area (Å²) in [5.74, 6) is 0.997. The number of aliphatic hydroxyl groups is 1. The smallest absolute Gasteiger partial charge is 0.410 e. The Labute approximate surface area is 174 Å². The summed E-state index contributed by atoms with van der Waals surface area (Å²) in [6.07, 6.45) is 2.14. The van der Waals surface area contributed by atoms with Crippen LogP contribution in [0.2, 0.25) is 0 Å². The molecule has 2 aliphatic rings. The van der Waals surface area contributed by atoms with Gasteiger partial charge in [-0.3, -0.25) is 0 Å². The molecule has 2 bridgehead atoms. The van der Waals surface area contributed by atoms with Crippen molar-refractivity contribution in [2.24, 2.45) is 11.8 Å². The summed E-state index contributed by atoms with van der Waals surface area (Å²) in [4.78, 5) is 16.8. The molecule has 2 heterocycles. The van der Waals surface area contributed by atoms with Crippen molar-refractivity contribution in [3.63, 3.8) is 0 Å². The number of carbonyl (C=O) groups excluding carboxylic acids is 1. The fourth-order valence-electron chi connectivity index (χ4n) is 4.50. The van der Waals surface area contributed by atoms with Gasteiger partial charge in [-0.25, -0.2) is 4.79 Å². The molecule has 158 valence electrons. The van der Waals surface area contributed by atoms with E-state index in [1.165, 1.54) is 6.42 Å². The molecule has 2 saturated heterocycles. The Morgan fingerprint density at radius 1 is 1.21 bits per heavy atom. The highest BCUT2D eigenvalue weighted by atomic mass is 16.6. The standard InChI is InChI=1S/C23H33N3O3/c1-23(2,3)29-22(28)26-15-18-11-19(16-26)14-25(13-18)10-4-5-21(27)20-8-6-17(12-24)7-9-20/h6-9,18-19,21,27H,4-5,10-11,13-16H2,1-3H3. The number of rotatable bonds is 5. The van der Waals surface area contributed by atoms with Crippen molar-refractivity contribution in [1.29, 1.82) is 5.26 Å². The van der Waals surface area contributed by atoms with Gasteiger partial charge in [-0.05, 0) is 76.1 Å². The second kappa shape index (κ2) is 9.15. The number of ether oxygens (including phenoxy) is 1. The number of fused-ring (bicyclic) bond motifs is 2. The molecule has 29 heavy (non-hydrogen) atoms. The van der Waals surface area contributed by atoms with E-state index in [0.717, 1.165) is 44.7 Å². The molecule has 1 aromatic rings. The largest absolute Gasteiger partial charge is 0.444 e. The number of carbonyl (C=O) groups is 1. The molecule has 0 aromatic heterocycles. The Hall–Kier alpha value is -2.10. The van der Waals surface area contributed by atoms with Gasteiger partial charge in [0.1, 0.15) is 5.60 Å². The van der Waals surface area contributed by atoms with Crippen LogP contribution in [0.3, 0.4) is 0 Å². The maximum Gasteiger partial charge on any atom is 0.410 e. The summed E-state index contributed by atoms with van der Waals surface area (Å²) >= 11 is 0. The van der Waals surface area contributed by atoms with Crippen molar-refractivity contribution < 1.29 is 14.6 Å². The first-order valence-electron chi connectivity index (χ1n) is 10.6. The molecule has 1 N–H and O–H groups in total. The van der Waals surface area contributed by atoms with E-state index in [-0.39, 0.29) is 6.09 Å². The average molecular weight is 400 g/mol. The Morgan fingerprint density at radius 3 is 2.38 bits per heavy atom. The van der Waals surface area contributed by atoms with E-state index >= 15 is 0 Å². The zero-order chi connectivity index (χ0) is 21.0. The van der Waals surface area contributed by atoms with Gasteiger partial charge in [-0.1, -0.05) is 12.1 Å². The number of hydrogen-bond acceptors (Lipinski definition) is 5. The second-order valence-corrected chi connectivity index (χ2v) is 9.50. The minimum atomic E-state index is -0.491. The van der Waals surface area contributed by atoms with E-state index in [1.807, 2.05) is 37.8 Å². The lowest BCUT2D eigenvalue weighted by Gasteiger charge is -2.45. The lowest BCUT2D eigenvalue weighted by molar-refractivity contribution is -0.0101. The van der Waals surface area contributed by atoms with Crippen LogP contribution >= 0.6 is 0 Å². The van der Waals surface area contributed by atoms with Gasteiger partial charge in [0, 0.05) is 26.2 Å². The number of piperidine rings is 2. The van der Waals surface area contributed by atoms with Crippen LogP contribution in [0.4, 0.5) is 4.79 Å². The normalized spacial score (nSPS) is 23.3. The van der Waals surface area contributed by atoms with Crippen LogP contribution in [0.1, 0.15) is 57.3 Å². The number of amides is 1. The van der Waals surface area contributed by atoms with E-state index in [0.29, 0.717) is 23.8 Å². The van der Waals surface area contributed by atoms with Crippen LogP contribution in [-0.2, 0) is 4.74 Å². The predicted octanol–water partition coefficient (Wildman–Crippen LogP) is 3.56. The Balaban J connectivity index is 1.43. The van der Waals surface area contributed by atoms with Gasteiger partial charge in [-0.15, -0.1) is 0 Å². The minimum absolute atomic E-state index is 0.189. The molecular formula is C23H33N3O3. The van der Waals surface area contributed by atoms with E-state index in [1.54, 1.807) is 12.1 Å². The molecule has 3 atom stereocenters. The van der Waals surface area contributed by atoms with Gasteiger partial charge >= 0.3 is 6.09 Å². The summed E-state index contributed by atoms with van der Waals surface area (Å²) in [6, 6.07) is 9.27. The molecule has 0 aliphatic carbocycles. The lowest BCUT2D eigenvalue weighted by Crippen LogP contribution is -2.54. The van der Waals surface area contributed by atoms with Gasteiger partial charge in [0.2, 0.25) is 0 Å². The zero-order valence-electron chi connectivity index (χ0n) is 17.8. The second-order valence-electron chi connectivity index (χ2n) is 9.50. The summed E-state index contributed by atoms with van der Waals surface area (Å²) in [6.45, 7) is 10.2. The van der Waals surface area contributed by atoms with Crippen molar-refractivity contribution in [3.8, 4) is 6.07 Å². The molecule has 3 rings (SSSR count). The van der Waals surface area contributed by atoms with Crippen LogP contribution in [-0.4, -0.2) is 59.3 Å². The quantitative estimate of drug-likeness (QED) is 0.819. The van der Waals surface area contributed by atoms with Gasteiger partial charge < -0.3 is 19.6 Å². The van der Waals surface area contributed by atoms with E-state index < -0.39 is 11.7 Å². The molecule has 6 heteroatoms. The predicted molar refractivity (Wildman–Crippen MR) is 111 cm³/mol. The molecule has 6 nitrogen and oxygen atoms in total.